The highest BCUT2D eigenvalue weighted by Gasteiger charge is 2.25. The quantitative estimate of drug-likeness (QED) is 0.615. The Morgan fingerprint density at radius 1 is 1.17 bits per heavy atom. The van der Waals surface area contributed by atoms with E-state index in [1.54, 1.807) is 40.8 Å². The third-order valence-electron chi connectivity index (χ3n) is 4.30. The number of pyridine rings is 1. The Morgan fingerprint density at radius 2 is 1.86 bits per heavy atom. The zero-order chi connectivity index (χ0) is 21.5. The summed E-state index contributed by atoms with van der Waals surface area (Å²) < 4.78 is 16.2. The van der Waals surface area contributed by atoms with Crippen LogP contribution < -0.4 is 0 Å². The fourth-order valence-corrected chi connectivity index (χ4v) is 3.13. The van der Waals surface area contributed by atoms with Crippen LogP contribution in [0.3, 0.4) is 0 Å². The topological polar surface area (TPSA) is 98.7 Å². The number of hydrogen-bond acceptors (Lipinski definition) is 7. The van der Waals surface area contributed by atoms with E-state index in [1.807, 2.05) is 19.9 Å². The smallest absolute Gasteiger partial charge is 0.326 e. The van der Waals surface area contributed by atoms with Crippen molar-refractivity contribution in [2.24, 2.45) is 0 Å². The van der Waals surface area contributed by atoms with Crippen LogP contribution >= 0.6 is 0 Å². The average molecular weight is 399 g/mol. The summed E-state index contributed by atoms with van der Waals surface area (Å²) in [5.74, 6) is 0.588. The van der Waals surface area contributed by atoms with Gasteiger partial charge in [-0.05, 0) is 53.7 Å². The van der Waals surface area contributed by atoms with Crippen molar-refractivity contribution in [3.05, 3.63) is 34.9 Å². The first-order valence-electron chi connectivity index (χ1n) is 9.28. The van der Waals surface area contributed by atoms with E-state index >= 15 is 0 Å². The number of amides is 1. The van der Waals surface area contributed by atoms with E-state index in [-0.39, 0.29) is 18.2 Å². The molecule has 0 unspecified atom stereocenters. The number of fused-ring (bicyclic) bond motifs is 1. The van der Waals surface area contributed by atoms with E-state index in [1.165, 1.54) is 4.90 Å². The Balaban J connectivity index is 2.01. The standard InChI is InChI=1S/C21H25N3O5/c1-11-8-14(13(3)27-11)16-9-15(18-12(2)23-29-19(18)22-16)20(26)24(7)10-17(25)28-21(4,5)6/h8-9H,10H2,1-7H3. The van der Waals surface area contributed by atoms with Gasteiger partial charge in [0.25, 0.3) is 11.6 Å². The van der Waals surface area contributed by atoms with Crippen molar-refractivity contribution in [1.29, 1.82) is 0 Å². The van der Waals surface area contributed by atoms with Crippen molar-refractivity contribution in [1.82, 2.24) is 15.0 Å². The first-order valence-corrected chi connectivity index (χ1v) is 9.28. The SMILES string of the molecule is Cc1cc(-c2cc(C(=O)N(C)CC(=O)OC(C)(C)C)c3c(C)noc3n2)c(C)o1. The van der Waals surface area contributed by atoms with Crippen molar-refractivity contribution in [2.45, 2.75) is 47.1 Å². The predicted octanol–water partition coefficient (Wildman–Crippen LogP) is 3.82. The van der Waals surface area contributed by atoms with Gasteiger partial charge < -0.3 is 18.6 Å². The molecule has 0 spiro atoms. The number of carbonyl (C=O) groups excluding carboxylic acids is 2. The molecule has 154 valence electrons. The van der Waals surface area contributed by atoms with Crippen molar-refractivity contribution in [3.8, 4) is 11.3 Å². The molecule has 8 heteroatoms. The molecule has 1 amide bonds. The minimum Gasteiger partial charge on any atom is -0.466 e. The van der Waals surface area contributed by atoms with Crippen LogP contribution in [-0.4, -0.2) is 46.1 Å². The number of furan rings is 1. The lowest BCUT2D eigenvalue weighted by Crippen LogP contribution is -2.36. The monoisotopic (exact) mass is 399 g/mol. The Morgan fingerprint density at radius 3 is 2.45 bits per heavy atom. The molecule has 8 nitrogen and oxygen atoms in total. The van der Waals surface area contributed by atoms with E-state index in [4.69, 9.17) is 13.7 Å². The van der Waals surface area contributed by atoms with E-state index in [0.717, 1.165) is 11.3 Å². The second-order valence-corrected chi connectivity index (χ2v) is 8.08. The second kappa shape index (κ2) is 7.35. The summed E-state index contributed by atoms with van der Waals surface area (Å²) in [6.07, 6.45) is 0. The van der Waals surface area contributed by atoms with Crippen LogP contribution in [0.2, 0.25) is 0 Å². The number of esters is 1. The Labute approximate surface area is 168 Å². The molecule has 3 aromatic rings. The maximum atomic E-state index is 13.2. The van der Waals surface area contributed by atoms with E-state index in [9.17, 15) is 9.59 Å². The second-order valence-electron chi connectivity index (χ2n) is 8.08. The first kappa shape index (κ1) is 20.6. The third-order valence-corrected chi connectivity index (χ3v) is 4.30. The van der Waals surface area contributed by atoms with Crippen LogP contribution in [0.15, 0.2) is 21.1 Å². The molecule has 0 fully saturated rings. The Bertz CT molecular complexity index is 1090. The van der Waals surface area contributed by atoms with Gasteiger partial charge in [0.2, 0.25) is 0 Å². The predicted molar refractivity (Wildman–Crippen MR) is 107 cm³/mol. The van der Waals surface area contributed by atoms with Crippen LogP contribution in [0.25, 0.3) is 22.4 Å². The molecule has 3 heterocycles. The summed E-state index contributed by atoms with van der Waals surface area (Å²) in [6.45, 7) is 10.6. The maximum absolute atomic E-state index is 13.2. The number of aryl methyl sites for hydroxylation is 3. The van der Waals surface area contributed by atoms with Gasteiger partial charge in [-0.25, -0.2) is 4.98 Å². The van der Waals surface area contributed by atoms with Crippen molar-refractivity contribution < 1.29 is 23.3 Å². The van der Waals surface area contributed by atoms with Gasteiger partial charge in [-0.3, -0.25) is 9.59 Å². The molecule has 0 aliphatic rings. The van der Waals surface area contributed by atoms with Crippen LogP contribution in [0.5, 0.6) is 0 Å². The zero-order valence-electron chi connectivity index (χ0n) is 17.7. The molecule has 0 aliphatic heterocycles. The zero-order valence-corrected chi connectivity index (χ0v) is 17.7. The van der Waals surface area contributed by atoms with Gasteiger partial charge in [0.05, 0.1) is 22.3 Å². The molecule has 3 aromatic heterocycles. The summed E-state index contributed by atoms with van der Waals surface area (Å²) >= 11 is 0. The van der Waals surface area contributed by atoms with Gasteiger partial charge in [0.15, 0.2) is 0 Å². The molecule has 0 saturated heterocycles. The van der Waals surface area contributed by atoms with E-state index < -0.39 is 11.6 Å². The highest BCUT2D eigenvalue weighted by molar-refractivity contribution is 6.07. The largest absolute Gasteiger partial charge is 0.466 e. The number of hydrogen-bond donors (Lipinski definition) is 0. The molecule has 0 saturated carbocycles. The third kappa shape index (κ3) is 4.31. The van der Waals surface area contributed by atoms with Gasteiger partial charge in [-0.2, -0.15) is 0 Å². The highest BCUT2D eigenvalue weighted by Crippen LogP contribution is 2.31. The molecule has 0 aromatic carbocycles. The fourth-order valence-electron chi connectivity index (χ4n) is 3.13. The highest BCUT2D eigenvalue weighted by atomic mass is 16.6. The van der Waals surface area contributed by atoms with Gasteiger partial charge in [0.1, 0.15) is 23.7 Å². The van der Waals surface area contributed by atoms with Crippen LogP contribution in [0, 0.1) is 20.8 Å². The molecule has 0 aliphatic carbocycles. The van der Waals surface area contributed by atoms with Crippen LogP contribution in [0.1, 0.15) is 48.3 Å². The van der Waals surface area contributed by atoms with Crippen LogP contribution in [-0.2, 0) is 9.53 Å². The molecular weight excluding hydrogens is 374 g/mol. The van der Waals surface area contributed by atoms with E-state index in [0.29, 0.717) is 28.1 Å². The summed E-state index contributed by atoms with van der Waals surface area (Å²) in [5, 5.41) is 4.47. The van der Waals surface area contributed by atoms with Gasteiger partial charge in [0, 0.05) is 12.6 Å². The van der Waals surface area contributed by atoms with Gasteiger partial charge in [-0.1, -0.05) is 5.16 Å². The van der Waals surface area contributed by atoms with Crippen molar-refractivity contribution in [2.75, 3.05) is 13.6 Å². The first-order chi connectivity index (χ1) is 13.5. The van der Waals surface area contributed by atoms with Gasteiger partial charge >= 0.3 is 5.97 Å². The molecule has 29 heavy (non-hydrogen) atoms. The lowest BCUT2D eigenvalue weighted by Gasteiger charge is -2.22. The summed E-state index contributed by atoms with van der Waals surface area (Å²) in [5.41, 5.74) is 1.84. The maximum Gasteiger partial charge on any atom is 0.326 e. The molecule has 0 bridgehead atoms. The Hall–Kier alpha value is -3.16. The lowest BCUT2D eigenvalue weighted by atomic mass is 10.0. The number of nitrogens with zero attached hydrogens (tertiary/aromatic N) is 3. The summed E-state index contributed by atoms with van der Waals surface area (Å²) in [4.78, 5) is 31.1. The fraction of sp³-hybridized carbons (Fsp3) is 0.429. The minimum atomic E-state index is -0.625. The number of ether oxygens (including phenoxy) is 1. The molecule has 0 N–H and O–H groups in total. The number of likely N-dealkylation sites (N-methyl/N-ethyl adjacent to an activating group) is 1. The summed E-state index contributed by atoms with van der Waals surface area (Å²) in [7, 11) is 1.55. The molecular formula is C21H25N3O5. The number of aromatic nitrogens is 2. The lowest BCUT2D eigenvalue weighted by molar-refractivity contribution is -0.155. The van der Waals surface area contributed by atoms with E-state index in [2.05, 4.69) is 10.1 Å². The molecule has 0 radical (unpaired) electrons. The van der Waals surface area contributed by atoms with Crippen LogP contribution in [0.4, 0.5) is 0 Å². The average Bonchev–Trinajstić information content (AvgIpc) is 3.13. The van der Waals surface area contributed by atoms with Crippen molar-refractivity contribution in [3.63, 3.8) is 0 Å². The summed E-state index contributed by atoms with van der Waals surface area (Å²) in [6, 6.07) is 3.53. The van der Waals surface area contributed by atoms with Gasteiger partial charge in [-0.15, -0.1) is 0 Å². The molecule has 0 atom stereocenters. The minimum absolute atomic E-state index is 0.177. The number of carbonyl (C=O) groups is 2. The number of rotatable bonds is 4. The molecule has 3 rings (SSSR count). The van der Waals surface area contributed by atoms with Crippen molar-refractivity contribution >= 4 is 23.0 Å². The normalized spacial score (nSPS) is 11.7. The Kier molecular flexibility index (Phi) is 5.21.